The number of hydrogen-bond acceptors (Lipinski definition) is 1. The van der Waals surface area contributed by atoms with E-state index in [9.17, 15) is 18.3 Å². The van der Waals surface area contributed by atoms with Gasteiger partial charge in [0.25, 0.3) is 0 Å². The highest BCUT2D eigenvalue weighted by Crippen LogP contribution is 2.39. The molecule has 1 aromatic rings. The minimum absolute atomic E-state index is 0.113. The topological polar surface area (TPSA) is 20.2 Å². The van der Waals surface area contributed by atoms with Crippen LogP contribution in [0.25, 0.3) is 0 Å². The molecule has 0 saturated carbocycles. The van der Waals surface area contributed by atoms with Crippen molar-refractivity contribution >= 4 is 0 Å². The second-order valence-electron chi connectivity index (χ2n) is 9.20. The van der Waals surface area contributed by atoms with Crippen LogP contribution in [0.5, 0.6) is 0 Å². The summed E-state index contributed by atoms with van der Waals surface area (Å²) in [6.07, 6.45) is 9.91. The SMILES string of the molecule is CCCCCCCCC(CCCc1cc(F)c(F)cc1F)C(O)(C(C)C)C(C)C. The standard InChI is InChI=1S/C25H41F3O/c1-6-7-8-9-10-11-14-21(25(29,18(2)3)19(4)5)15-12-13-20-16-23(27)24(28)17-22(20)26/h16-19,21,29H,6-15H2,1-5H3. The van der Waals surface area contributed by atoms with Gasteiger partial charge < -0.3 is 5.11 Å². The summed E-state index contributed by atoms with van der Waals surface area (Å²) in [5.74, 6) is -2.51. The molecule has 0 saturated heterocycles. The Morgan fingerprint density at radius 1 is 0.759 bits per heavy atom. The summed E-state index contributed by atoms with van der Waals surface area (Å²) in [6, 6.07) is 1.58. The van der Waals surface area contributed by atoms with Crippen molar-refractivity contribution in [2.75, 3.05) is 0 Å². The first-order chi connectivity index (χ1) is 13.6. The van der Waals surface area contributed by atoms with E-state index in [1.807, 2.05) is 0 Å². The predicted octanol–water partition coefficient (Wildman–Crippen LogP) is 7.84. The molecule has 0 aliphatic rings. The van der Waals surface area contributed by atoms with E-state index >= 15 is 0 Å². The second-order valence-corrected chi connectivity index (χ2v) is 9.20. The fraction of sp³-hybridized carbons (Fsp3) is 0.760. The third kappa shape index (κ3) is 7.62. The Hall–Kier alpha value is -1.03. The summed E-state index contributed by atoms with van der Waals surface area (Å²) >= 11 is 0. The van der Waals surface area contributed by atoms with Gasteiger partial charge >= 0.3 is 0 Å². The number of benzene rings is 1. The maximum Gasteiger partial charge on any atom is 0.161 e. The third-order valence-electron chi connectivity index (χ3n) is 6.50. The lowest BCUT2D eigenvalue weighted by Gasteiger charge is -2.43. The zero-order valence-electron chi connectivity index (χ0n) is 19.0. The molecule has 1 unspecified atom stereocenters. The summed E-state index contributed by atoms with van der Waals surface area (Å²) in [4.78, 5) is 0. The lowest BCUT2D eigenvalue weighted by atomic mass is 9.68. The molecule has 0 bridgehead atoms. The Morgan fingerprint density at radius 3 is 1.86 bits per heavy atom. The molecule has 1 aromatic carbocycles. The fourth-order valence-corrected chi connectivity index (χ4v) is 4.68. The van der Waals surface area contributed by atoms with Crippen LogP contribution in [0.2, 0.25) is 0 Å². The van der Waals surface area contributed by atoms with Gasteiger partial charge in [0, 0.05) is 6.07 Å². The van der Waals surface area contributed by atoms with E-state index in [0.717, 1.165) is 25.3 Å². The van der Waals surface area contributed by atoms with Crippen molar-refractivity contribution in [3.8, 4) is 0 Å². The summed E-state index contributed by atoms with van der Waals surface area (Å²) in [5.41, 5.74) is -0.574. The molecule has 1 nitrogen and oxygen atoms in total. The van der Waals surface area contributed by atoms with Crippen LogP contribution < -0.4 is 0 Å². The molecule has 1 rings (SSSR count). The highest BCUT2D eigenvalue weighted by Gasteiger charge is 2.41. The Bertz CT molecular complexity index is 590. The van der Waals surface area contributed by atoms with Crippen LogP contribution in [-0.4, -0.2) is 10.7 Å². The van der Waals surface area contributed by atoms with Crippen molar-refractivity contribution in [1.82, 2.24) is 0 Å². The van der Waals surface area contributed by atoms with Gasteiger partial charge in [0.15, 0.2) is 11.6 Å². The van der Waals surface area contributed by atoms with E-state index in [-0.39, 0.29) is 23.3 Å². The highest BCUT2D eigenvalue weighted by molar-refractivity contribution is 5.20. The van der Waals surface area contributed by atoms with Crippen molar-refractivity contribution in [3.05, 3.63) is 35.1 Å². The van der Waals surface area contributed by atoms with Crippen molar-refractivity contribution in [2.45, 2.75) is 104 Å². The van der Waals surface area contributed by atoms with E-state index in [1.54, 1.807) is 0 Å². The molecule has 0 fully saturated rings. The van der Waals surface area contributed by atoms with Gasteiger partial charge in [0.2, 0.25) is 0 Å². The quantitative estimate of drug-likeness (QED) is 0.243. The Labute approximate surface area is 176 Å². The molecule has 1 N–H and O–H groups in total. The molecule has 1 atom stereocenters. The molecule has 0 amide bonds. The Morgan fingerprint density at radius 2 is 1.28 bits per heavy atom. The summed E-state index contributed by atoms with van der Waals surface area (Å²) in [7, 11) is 0. The third-order valence-corrected chi connectivity index (χ3v) is 6.50. The average molecular weight is 415 g/mol. The molecule has 0 aliphatic heterocycles. The van der Waals surface area contributed by atoms with E-state index in [4.69, 9.17) is 0 Å². The molecular weight excluding hydrogens is 373 g/mol. The first-order valence-corrected chi connectivity index (χ1v) is 11.5. The minimum Gasteiger partial charge on any atom is -0.389 e. The maximum absolute atomic E-state index is 13.9. The number of aliphatic hydroxyl groups is 1. The summed E-state index contributed by atoms with van der Waals surface area (Å²) < 4.78 is 40.5. The van der Waals surface area contributed by atoms with Crippen molar-refractivity contribution in [2.24, 2.45) is 17.8 Å². The van der Waals surface area contributed by atoms with Crippen LogP contribution in [0, 0.1) is 35.2 Å². The van der Waals surface area contributed by atoms with Crippen LogP contribution in [0.3, 0.4) is 0 Å². The van der Waals surface area contributed by atoms with Crippen LogP contribution in [0.15, 0.2) is 12.1 Å². The number of unbranched alkanes of at least 4 members (excludes halogenated alkanes) is 5. The van der Waals surface area contributed by atoms with Gasteiger partial charge in [-0.05, 0) is 55.1 Å². The molecule has 4 heteroatoms. The van der Waals surface area contributed by atoms with Gasteiger partial charge in [-0.25, -0.2) is 13.2 Å². The second kappa shape index (κ2) is 12.6. The van der Waals surface area contributed by atoms with Crippen LogP contribution in [-0.2, 0) is 6.42 Å². The first kappa shape index (κ1) is 26.0. The van der Waals surface area contributed by atoms with Crippen molar-refractivity contribution < 1.29 is 18.3 Å². The minimum atomic E-state index is -1.15. The summed E-state index contributed by atoms with van der Waals surface area (Å²) in [5, 5.41) is 11.5. The van der Waals surface area contributed by atoms with Crippen molar-refractivity contribution in [1.29, 1.82) is 0 Å². The molecule has 168 valence electrons. The average Bonchev–Trinajstić information content (AvgIpc) is 2.65. The monoisotopic (exact) mass is 414 g/mol. The molecular formula is C25H41F3O. The van der Waals surface area contributed by atoms with E-state index < -0.39 is 23.1 Å². The Balaban J connectivity index is 2.76. The van der Waals surface area contributed by atoms with Gasteiger partial charge in [0.1, 0.15) is 5.82 Å². The van der Waals surface area contributed by atoms with E-state index in [0.29, 0.717) is 18.9 Å². The molecule has 0 heterocycles. The molecule has 0 aromatic heterocycles. The maximum atomic E-state index is 13.9. The smallest absolute Gasteiger partial charge is 0.161 e. The highest BCUT2D eigenvalue weighted by atomic mass is 19.2. The van der Waals surface area contributed by atoms with Crippen LogP contribution in [0.1, 0.15) is 98.0 Å². The largest absolute Gasteiger partial charge is 0.389 e. The number of hydrogen-bond donors (Lipinski definition) is 1. The first-order valence-electron chi connectivity index (χ1n) is 11.5. The Kier molecular flexibility index (Phi) is 11.3. The predicted molar refractivity (Wildman–Crippen MR) is 115 cm³/mol. The molecule has 0 aliphatic carbocycles. The molecule has 0 spiro atoms. The lowest BCUT2D eigenvalue weighted by molar-refractivity contribution is -0.102. The van der Waals surface area contributed by atoms with Crippen LogP contribution >= 0.6 is 0 Å². The van der Waals surface area contributed by atoms with Gasteiger partial charge in [-0.2, -0.15) is 0 Å². The number of halogens is 3. The van der Waals surface area contributed by atoms with Crippen molar-refractivity contribution in [3.63, 3.8) is 0 Å². The number of rotatable bonds is 14. The van der Waals surface area contributed by atoms with E-state index in [2.05, 4.69) is 34.6 Å². The van der Waals surface area contributed by atoms with Gasteiger partial charge in [0.05, 0.1) is 5.60 Å². The molecule has 29 heavy (non-hydrogen) atoms. The zero-order valence-corrected chi connectivity index (χ0v) is 19.0. The lowest BCUT2D eigenvalue weighted by Crippen LogP contribution is -2.48. The zero-order chi connectivity index (χ0) is 22.0. The fourth-order valence-electron chi connectivity index (χ4n) is 4.68. The summed E-state index contributed by atoms with van der Waals surface area (Å²) in [6.45, 7) is 10.4. The van der Waals surface area contributed by atoms with Gasteiger partial charge in [-0.1, -0.05) is 73.1 Å². The van der Waals surface area contributed by atoms with Gasteiger partial charge in [-0.15, -0.1) is 0 Å². The molecule has 0 radical (unpaired) electrons. The van der Waals surface area contributed by atoms with E-state index in [1.165, 1.54) is 32.1 Å². The van der Waals surface area contributed by atoms with Gasteiger partial charge in [-0.3, -0.25) is 0 Å². The number of aryl methyl sites for hydroxylation is 1. The normalized spacial score (nSPS) is 13.5. The van der Waals surface area contributed by atoms with Crippen LogP contribution in [0.4, 0.5) is 13.2 Å².